The Morgan fingerprint density at radius 2 is 1.61 bits per heavy atom. The van der Waals surface area contributed by atoms with Gasteiger partial charge in [0.05, 0.1) is 17.4 Å². The Kier molecular flexibility index (Phi) is 5.46. The van der Waals surface area contributed by atoms with Gasteiger partial charge in [0.1, 0.15) is 5.82 Å². The van der Waals surface area contributed by atoms with E-state index in [1.165, 1.54) is 17.8 Å². The number of thioether (sulfide) groups is 1. The lowest BCUT2D eigenvalue weighted by Gasteiger charge is -2.14. The topological polar surface area (TPSA) is 34.9 Å². The molecule has 0 amide bonds. The number of nitrogens with zero attached hydrogens (tertiary/aromatic N) is 2. The lowest BCUT2D eigenvalue weighted by molar-refractivity contribution is 0.616. The number of halogens is 2. The monoisotopic (exact) mass is 410 g/mol. The predicted octanol–water partition coefficient (Wildman–Crippen LogP) is 5.53. The molecule has 0 aliphatic heterocycles. The van der Waals surface area contributed by atoms with Crippen LogP contribution in [-0.2, 0) is 12.3 Å². The number of hydrogen-bond acceptors (Lipinski definition) is 3. The lowest BCUT2D eigenvalue weighted by atomic mass is 10.2. The van der Waals surface area contributed by atoms with Crippen molar-refractivity contribution in [3.63, 3.8) is 0 Å². The molecule has 0 fully saturated rings. The second-order valence-corrected chi connectivity index (χ2v) is 7.62. The van der Waals surface area contributed by atoms with Crippen molar-refractivity contribution in [1.82, 2.24) is 9.55 Å². The van der Waals surface area contributed by atoms with E-state index in [9.17, 15) is 9.18 Å². The molecule has 0 bridgehead atoms. The van der Waals surface area contributed by atoms with Gasteiger partial charge in [-0.15, -0.1) is 0 Å². The Morgan fingerprint density at radius 3 is 2.39 bits per heavy atom. The molecular weight excluding hydrogens is 395 g/mol. The Morgan fingerprint density at radius 1 is 0.929 bits per heavy atom. The molecule has 0 atom stereocenters. The smallest absolute Gasteiger partial charge is 0.262 e. The third-order valence-electron chi connectivity index (χ3n) is 4.43. The van der Waals surface area contributed by atoms with E-state index in [0.29, 0.717) is 38.9 Å². The van der Waals surface area contributed by atoms with Gasteiger partial charge in [0.25, 0.3) is 5.56 Å². The Hall–Kier alpha value is -2.63. The maximum absolute atomic E-state index is 14.0. The number of para-hydroxylation sites is 1. The molecule has 0 radical (unpaired) electrons. The maximum Gasteiger partial charge on any atom is 0.262 e. The molecule has 0 spiro atoms. The van der Waals surface area contributed by atoms with Gasteiger partial charge >= 0.3 is 0 Å². The van der Waals surface area contributed by atoms with Crippen LogP contribution in [0.15, 0.2) is 82.7 Å². The average molecular weight is 411 g/mol. The minimum absolute atomic E-state index is 0.137. The first kappa shape index (κ1) is 18.7. The van der Waals surface area contributed by atoms with Gasteiger partial charge in [-0.05, 0) is 35.4 Å². The van der Waals surface area contributed by atoms with Gasteiger partial charge in [0.15, 0.2) is 5.16 Å². The summed E-state index contributed by atoms with van der Waals surface area (Å²) in [6.45, 7) is 0.302. The van der Waals surface area contributed by atoms with Gasteiger partial charge in [0, 0.05) is 10.8 Å². The number of fused-ring (bicyclic) bond motifs is 1. The molecule has 0 saturated carbocycles. The average Bonchev–Trinajstić information content (AvgIpc) is 2.71. The molecule has 28 heavy (non-hydrogen) atoms. The fourth-order valence-electron chi connectivity index (χ4n) is 2.95. The van der Waals surface area contributed by atoms with Crippen LogP contribution in [0.1, 0.15) is 11.1 Å². The minimum atomic E-state index is -0.268. The highest BCUT2D eigenvalue weighted by Gasteiger charge is 2.14. The molecule has 3 aromatic carbocycles. The van der Waals surface area contributed by atoms with Gasteiger partial charge in [0.2, 0.25) is 0 Å². The third kappa shape index (κ3) is 3.81. The molecule has 0 unspecified atom stereocenters. The first-order chi connectivity index (χ1) is 13.6. The fourth-order valence-corrected chi connectivity index (χ4v) is 4.13. The van der Waals surface area contributed by atoms with Crippen LogP contribution in [0.2, 0.25) is 5.02 Å². The van der Waals surface area contributed by atoms with Crippen molar-refractivity contribution in [1.29, 1.82) is 0 Å². The van der Waals surface area contributed by atoms with Crippen molar-refractivity contribution in [3.05, 3.63) is 105 Å². The summed E-state index contributed by atoms with van der Waals surface area (Å²) < 4.78 is 15.6. The molecule has 6 heteroatoms. The van der Waals surface area contributed by atoms with E-state index in [4.69, 9.17) is 11.6 Å². The number of hydrogen-bond donors (Lipinski definition) is 0. The third-order valence-corrected chi connectivity index (χ3v) is 5.82. The van der Waals surface area contributed by atoms with Crippen molar-refractivity contribution < 1.29 is 4.39 Å². The standard InChI is InChI=1S/C22H16ClFN2OS/c23-18-10-4-1-7-15(18)13-26-21(27)17-9-3-6-12-20(17)25-22(26)28-14-16-8-2-5-11-19(16)24/h1-12H,13-14H2. The molecule has 4 aromatic rings. The second-order valence-electron chi connectivity index (χ2n) is 6.27. The number of rotatable bonds is 5. The van der Waals surface area contributed by atoms with Crippen LogP contribution in [0.25, 0.3) is 10.9 Å². The van der Waals surface area contributed by atoms with Crippen LogP contribution in [0.5, 0.6) is 0 Å². The fraction of sp³-hybridized carbons (Fsp3) is 0.0909. The molecule has 0 aliphatic rings. The van der Waals surface area contributed by atoms with E-state index in [1.54, 1.807) is 34.9 Å². The summed E-state index contributed by atoms with van der Waals surface area (Å²) in [6, 6.07) is 21.3. The zero-order valence-corrected chi connectivity index (χ0v) is 16.4. The van der Waals surface area contributed by atoms with Crippen LogP contribution in [0.4, 0.5) is 4.39 Å². The van der Waals surface area contributed by atoms with Crippen LogP contribution in [-0.4, -0.2) is 9.55 Å². The SMILES string of the molecule is O=c1c2ccccc2nc(SCc2ccccc2F)n1Cc1ccccc1Cl. The predicted molar refractivity (Wildman–Crippen MR) is 113 cm³/mol. The molecule has 0 N–H and O–H groups in total. The zero-order valence-electron chi connectivity index (χ0n) is 14.8. The highest BCUT2D eigenvalue weighted by Crippen LogP contribution is 2.25. The summed E-state index contributed by atoms with van der Waals surface area (Å²) >= 11 is 7.64. The van der Waals surface area contributed by atoms with E-state index in [-0.39, 0.29) is 11.4 Å². The van der Waals surface area contributed by atoms with E-state index < -0.39 is 0 Å². The van der Waals surface area contributed by atoms with Crippen LogP contribution in [0.3, 0.4) is 0 Å². The number of aromatic nitrogens is 2. The minimum Gasteiger partial charge on any atom is -0.283 e. The first-order valence-electron chi connectivity index (χ1n) is 8.72. The van der Waals surface area contributed by atoms with Crippen LogP contribution >= 0.6 is 23.4 Å². The Bertz CT molecular complexity index is 1210. The van der Waals surface area contributed by atoms with Crippen molar-refractivity contribution >= 4 is 34.3 Å². The zero-order chi connectivity index (χ0) is 19.5. The van der Waals surface area contributed by atoms with Crippen LogP contribution < -0.4 is 5.56 Å². The molecule has 3 nitrogen and oxygen atoms in total. The van der Waals surface area contributed by atoms with E-state index in [1.807, 2.05) is 36.4 Å². The first-order valence-corrected chi connectivity index (χ1v) is 10.1. The second kappa shape index (κ2) is 8.17. The molecule has 1 aromatic heterocycles. The maximum atomic E-state index is 14.0. The summed E-state index contributed by atoms with van der Waals surface area (Å²) in [5.74, 6) is 0.107. The van der Waals surface area contributed by atoms with Gasteiger partial charge in [-0.2, -0.15) is 0 Å². The van der Waals surface area contributed by atoms with Crippen molar-refractivity contribution in [2.75, 3.05) is 0 Å². The molecule has 4 rings (SSSR count). The molecule has 0 aliphatic carbocycles. The van der Waals surface area contributed by atoms with E-state index >= 15 is 0 Å². The van der Waals surface area contributed by atoms with Gasteiger partial charge in [-0.25, -0.2) is 9.37 Å². The summed E-state index contributed by atoms with van der Waals surface area (Å²) in [4.78, 5) is 17.8. The largest absolute Gasteiger partial charge is 0.283 e. The summed E-state index contributed by atoms with van der Waals surface area (Å²) in [7, 11) is 0. The number of benzene rings is 3. The highest BCUT2D eigenvalue weighted by atomic mass is 35.5. The van der Waals surface area contributed by atoms with Crippen LogP contribution in [0, 0.1) is 5.82 Å². The molecule has 0 saturated heterocycles. The lowest BCUT2D eigenvalue weighted by Crippen LogP contribution is -2.24. The van der Waals surface area contributed by atoms with E-state index in [2.05, 4.69) is 4.98 Å². The van der Waals surface area contributed by atoms with E-state index in [0.717, 1.165) is 5.56 Å². The molecule has 140 valence electrons. The van der Waals surface area contributed by atoms with Crippen molar-refractivity contribution in [3.8, 4) is 0 Å². The summed E-state index contributed by atoms with van der Waals surface area (Å²) in [5, 5.41) is 1.67. The van der Waals surface area contributed by atoms with Gasteiger partial charge in [-0.1, -0.05) is 71.9 Å². The van der Waals surface area contributed by atoms with Crippen molar-refractivity contribution in [2.45, 2.75) is 17.5 Å². The molecule has 1 heterocycles. The van der Waals surface area contributed by atoms with Crippen molar-refractivity contribution in [2.24, 2.45) is 0 Å². The van der Waals surface area contributed by atoms with Gasteiger partial charge in [-0.3, -0.25) is 9.36 Å². The van der Waals surface area contributed by atoms with Gasteiger partial charge < -0.3 is 0 Å². The summed E-state index contributed by atoms with van der Waals surface area (Å²) in [5.41, 5.74) is 1.88. The highest BCUT2D eigenvalue weighted by molar-refractivity contribution is 7.98. The quantitative estimate of drug-likeness (QED) is 0.320. The Labute approximate surface area is 170 Å². The Balaban J connectivity index is 1.78. The molecular formula is C22H16ClFN2OS. The normalized spacial score (nSPS) is 11.1. The summed E-state index contributed by atoms with van der Waals surface area (Å²) in [6.07, 6.45) is 0.